The highest BCUT2D eigenvalue weighted by molar-refractivity contribution is 7.90. The van der Waals surface area contributed by atoms with E-state index in [1.54, 1.807) is 42.0 Å². The molecule has 0 saturated carbocycles. The topological polar surface area (TPSA) is 77.4 Å². The summed E-state index contributed by atoms with van der Waals surface area (Å²) in [6, 6.07) is 12.5. The molecule has 2 aromatic carbocycles. The van der Waals surface area contributed by atoms with Gasteiger partial charge in [-0.2, -0.15) is 0 Å². The van der Waals surface area contributed by atoms with E-state index in [0.29, 0.717) is 29.6 Å². The van der Waals surface area contributed by atoms with Crippen molar-refractivity contribution in [1.29, 1.82) is 0 Å². The third kappa shape index (κ3) is 4.58. The molecule has 1 aromatic heterocycles. The van der Waals surface area contributed by atoms with Gasteiger partial charge in [-0.3, -0.25) is 4.79 Å². The van der Waals surface area contributed by atoms with Gasteiger partial charge in [-0.1, -0.05) is 30.3 Å². The molecular formula is C20H21FN2O4S. The van der Waals surface area contributed by atoms with Crippen LogP contribution >= 0.6 is 0 Å². The molecule has 0 aliphatic rings. The number of amides is 1. The standard InChI is InChI=1S/C20H21FN2O4S/c1-27-10-9-22-20(24)13-23-12-19(17-7-2-3-8-18(17)23)28(25,26)14-15-5-4-6-16(21)11-15/h2-8,11-12H,9-10,13-14H2,1H3,(H,22,24). The zero-order chi connectivity index (χ0) is 20.1. The predicted octanol–water partition coefficient (Wildman–Crippen LogP) is 2.52. The number of halogens is 1. The van der Waals surface area contributed by atoms with Crippen LogP contribution in [0.25, 0.3) is 10.9 Å². The van der Waals surface area contributed by atoms with Gasteiger partial charge in [0.15, 0.2) is 9.84 Å². The maximum Gasteiger partial charge on any atom is 0.240 e. The lowest BCUT2D eigenvalue weighted by Crippen LogP contribution is -2.30. The summed E-state index contributed by atoms with van der Waals surface area (Å²) in [5, 5.41) is 3.25. The minimum absolute atomic E-state index is 0.0142. The summed E-state index contributed by atoms with van der Waals surface area (Å²) in [6.07, 6.45) is 1.47. The lowest BCUT2D eigenvalue weighted by Gasteiger charge is -2.06. The predicted molar refractivity (Wildman–Crippen MR) is 104 cm³/mol. The fourth-order valence-electron chi connectivity index (χ4n) is 3.02. The van der Waals surface area contributed by atoms with Gasteiger partial charge in [0, 0.05) is 30.8 Å². The first-order chi connectivity index (χ1) is 13.4. The third-order valence-electron chi connectivity index (χ3n) is 4.28. The van der Waals surface area contributed by atoms with Gasteiger partial charge >= 0.3 is 0 Å². The summed E-state index contributed by atoms with van der Waals surface area (Å²) in [5.74, 6) is -1.05. The summed E-state index contributed by atoms with van der Waals surface area (Å²) in [7, 11) is -2.19. The average Bonchev–Trinajstić information content (AvgIpc) is 3.01. The summed E-state index contributed by atoms with van der Waals surface area (Å²) in [4.78, 5) is 12.3. The first-order valence-corrected chi connectivity index (χ1v) is 10.4. The molecule has 0 radical (unpaired) electrons. The van der Waals surface area contributed by atoms with Crippen LogP contribution in [0.4, 0.5) is 4.39 Å². The van der Waals surface area contributed by atoms with Crippen LogP contribution in [-0.2, 0) is 31.7 Å². The number of sulfone groups is 1. The number of nitrogens with zero attached hydrogens (tertiary/aromatic N) is 1. The highest BCUT2D eigenvalue weighted by Crippen LogP contribution is 2.28. The smallest absolute Gasteiger partial charge is 0.240 e. The Morgan fingerprint density at radius 1 is 1.18 bits per heavy atom. The molecule has 0 bridgehead atoms. The van der Waals surface area contributed by atoms with E-state index in [1.807, 2.05) is 0 Å². The molecule has 3 aromatic rings. The van der Waals surface area contributed by atoms with E-state index in [9.17, 15) is 17.6 Å². The largest absolute Gasteiger partial charge is 0.383 e. The van der Waals surface area contributed by atoms with Crippen LogP contribution in [0.1, 0.15) is 5.56 Å². The first-order valence-electron chi connectivity index (χ1n) is 8.71. The molecule has 6 nitrogen and oxygen atoms in total. The molecule has 0 aliphatic heterocycles. The molecule has 3 rings (SSSR count). The van der Waals surface area contributed by atoms with Crippen LogP contribution in [0, 0.1) is 5.82 Å². The van der Waals surface area contributed by atoms with Gasteiger partial charge < -0.3 is 14.6 Å². The highest BCUT2D eigenvalue weighted by atomic mass is 32.2. The molecule has 0 unspecified atom stereocenters. The maximum atomic E-state index is 13.4. The molecule has 1 amide bonds. The minimum Gasteiger partial charge on any atom is -0.383 e. The van der Waals surface area contributed by atoms with Gasteiger partial charge in [0.2, 0.25) is 5.91 Å². The second kappa shape index (κ2) is 8.53. The molecule has 0 spiro atoms. The van der Waals surface area contributed by atoms with Crippen molar-refractivity contribution in [3.8, 4) is 0 Å². The van der Waals surface area contributed by atoms with Crippen molar-refractivity contribution in [1.82, 2.24) is 9.88 Å². The van der Waals surface area contributed by atoms with Gasteiger partial charge in [0.25, 0.3) is 0 Å². The van der Waals surface area contributed by atoms with E-state index in [-0.39, 0.29) is 23.1 Å². The van der Waals surface area contributed by atoms with Crippen LogP contribution in [0.2, 0.25) is 0 Å². The number of hydrogen-bond acceptors (Lipinski definition) is 4. The Labute approximate surface area is 162 Å². The number of para-hydroxylation sites is 1. The third-order valence-corrected chi connectivity index (χ3v) is 5.98. The lowest BCUT2D eigenvalue weighted by molar-refractivity contribution is -0.121. The molecular weight excluding hydrogens is 383 g/mol. The van der Waals surface area contributed by atoms with Crippen LogP contribution in [0.15, 0.2) is 59.6 Å². The van der Waals surface area contributed by atoms with Crippen molar-refractivity contribution in [2.75, 3.05) is 20.3 Å². The van der Waals surface area contributed by atoms with Crippen LogP contribution < -0.4 is 5.32 Å². The van der Waals surface area contributed by atoms with Crippen molar-refractivity contribution >= 4 is 26.6 Å². The van der Waals surface area contributed by atoms with E-state index in [2.05, 4.69) is 5.32 Å². The summed E-state index contributed by atoms with van der Waals surface area (Å²) < 4.78 is 45.9. The Balaban J connectivity index is 1.92. The number of hydrogen-bond donors (Lipinski definition) is 1. The van der Waals surface area contributed by atoms with Crippen LogP contribution in [-0.4, -0.2) is 39.2 Å². The van der Waals surface area contributed by atoms with Crippen molar-refractivity contribution in [2.24, 2.45) is 0 Å². The number of methoxy groups -OCH3 is 1. The summed E-state index contributed by atoms with van der Waals surface area (Å²) >= 11 is 0. The molecule has 0 fully saturated rings. The Hall–Kier alpha value is -2.71. The fraction of sp³-hybridized carbons (Fsp3) is 0.250. The zero-order valence-electron chi connectivity index (χ0n) is 15.4. The SMILES string of the molecule is COCCNC(=O)Cn1cc(S(=O)(=O)Cc2cccc(F)c2)c2ccccc21. The molecule has 0 atom stereocenters. The maximum absolute atomic E-state index is 13.4. The number of fused-ring (bicyclic) bond motifs is 1. The van der Waals surface area contributed by atoms with E-state index in [4.69, 9.17) is 4.74 Å². The molecule has 8 heteroatoms. The van der Waals surface area contributed by atoms with Crippen molar-refractivity contribution in [2.45, 2.75) is 17.2 Å². The van der Waals surface area contributed by atoms with E-state index < -0.39 is 15.7 Å². The molecule has 148 valence electrons. The molecule has 0 aliphatic carbocycles. The van der Waals surface area contributed by atoms with Gasteiger partial charge in [0.1, 0.15) is 12.4 Å². The summed E-state index contributed by atoms with van der Waals surface area (Å²) in [6.45, 7) is 0.754. The van der Waals surface area contributed by atoms with Gasteiger partial charge in [-0.15, -0.1) is 0 Å². The fourth-order valence-corrected chi connectivity index (χ4v) is 4.59. The molecule has 1 heterocycles. The van der Waals surface area contributed by atoms with E-state index in [0.717, 1.165) is 0 Å². The van der Waals surface area contributed by atoms with Crippen molar-refractivity contribution in [3.05, 3.63) is 66.1 Å². The highest BCUT2D eigenvalue weighted by Gasteiger charge is 2.22. The number of aromatic nitrogens is 1. The average molecular weight is 404 g/mol. The molecule has 0 saturated heterocycles. The van der Waals surface area contributed by atoms with Crippen LogP contribution in [0.5, 0.6) is 0 Å². The number of carbonyl (C=O) groups excluding carboxylic acids is 1. The summed E-state index contributed by atoms with van der Waals surface area (Å²) in [5.41, 5.74) is 1.01. The number of ether oxygens (including phenoxy) is 1. The molecule has 1 N–H and O–H groups in total. The monoisotopic (exact) mass is 404 g/mol. The van der Waals surface area contributed by atoms with Gasteiger partial charge in [-0.25, -0.2) is 12.8 Å². The van der Waals surface area contributed by atoms with Gasteiger partial charge in [-0.05, 0) is 23.8 Å². The van der Waals surface area contributed by atoms with Gasteiger partial charge in [0.05, 0.1) is 17.3 Å². The first kappa shape index (κ1) is 20.0. The minimum atomic E-state index is -3.73. The number of nitrogens with one attached hydrogen (secondary N) is 1. The van der Waals surface area contributed by atoms with Crippen molar-refractivity contribution < 1.29 is 22.3 Å². The Bertz CT molecular complexity index is 1090. The zero-order valence-corrected chi connectivity index (χ0v) is 16.2. The lowest BCUT2D eigenvalue weighted by atomic mass is 10.2. The Kier molecular flexibility index (Phi) is 6.11. The second-order valence-electron chi connectivity index (χ2n) is 6.37. The van der Waals surface area contributed by atoms with E-state index >= 15 is 0 Å². The van der Waals surface area contributed by atoms with Crippen molar-refractivity contribution in [3.63, 3.8) is 0 Å². The molecule has 28 heavy (non-hydrogen) atoms. The van der Waals surface area contributed by atoms with Crippen LogP contribution in [0.3, 0.4) is 0 Å². The second-order valence-corrected chi connectivity index (χ2v) is 8.33. The quantitative estimate of drug-likeness (QED) is 0.586. The van der Waals surface area contributed by atoms with E-state index in [1.165, 1.54) is 24.4 Å². The Morgan fingerprint density at radius 2 is 1.96 bits per heavy atom. The number of benzene rings is 2. The Morgan fingerprint density at radius 3 is 2.71 bits per heavy atom. The number of rotatable bonds is 8. The normalized spacial score (nSPS) is 11.6. The number of carbonyl (C=O) groups is 1.